The smallest absolute Gasteiger partial charge is 0.239 e. The van der Waals surface area contributed by atoms with E-state index in [1.54, 1.807) is 0 Å². The number of hydrogen-bond donors (Lipinski definition) is 1. The topological polar surface area (TPSA) is 62.5 Å². The van der Waals surface area contributed by atoms with E-state index >= 15 is 0 Å². The molecule has 5 nitrogen and oxygen atoms in total. The SMILES string of the molecule is NC(=O)C(c1ccccc1)N1CCN(c2ccnc3cc(Br)ccc23)CC1. The Labute approximate surface area is 166 Å². The molecule has 1 amide bonds. The summed E-state index contributed by atoms with van der Waals surface area (Å²) in [5, 5.41) is 1.14. The first-order valence-corrected chi connectivity index (χ1v) is 9.80. The quantitative estimate of drug-likeness (QED) is 0.697. The molecule has 6 heteroatoms. The Hall–Kier alpha value is -2.44. The van der Waals surface area contributed by atoms with Crippen molar-refractivity contribution in [1.29, 1.82) is 0 Å². The molecule has 27 heavy (non-hydrogen) atoms. The molecule has 1 unspecified atom stereocenters. The molecule has 1 aliphatic heterocycles. The van der Waals surface area contributed by atoms with E-state index in [0.717, 1.165) is 47.1 Å². The lowest BCUT2D eigenvalue weighted by Crippen LogP contribution is -2.50. The minimum atomic E-state index is -0.376. The van der Waals surface area contributed by atoms with Gasteiger partial charge in [0.05, 0.1) is 5.52 Å². The number of nitrogens with two attached hydrogens (primary N) is 1. The zero-order valence-electron chi connectivity index (χ0n) is 14.9. The lowest BCUT2D eigenvalue weighted by Gasteiger charge is -2.39. The minimum Gasteiger partial charge on any atom is -0.368 e. The average molecular weight is 425 g/mol. The number of fused-ring (bicyclic) bond motifs is 1. The van der Waals surface area contributed by atoms with Gasteiger partial charge in [-0.25, -0.2) is 0 Å². The van der Waals surface area contributed by atoms with Gasteiger partial charge in [-0.15, -0.1) is 0 Å². The molecule has 2 N–H and O–H groups in total. The van der Waals surface area contributed by atoms with Crippen LogP contribution in [0.15, 0.2) is 65.3 Å². The summed E-state index contributed by atoms with van der Waals surface area (Å²) < 4.78 is 1.02. The summed E-state index contributed by atoms with van der Waals surface area (Å²) in [6.45, 7) is 3.24. The normalized spacial score (nSPS) is 16.4. The molecule has 0 spiro atoms. The highest BCUT2D eigenvalue weighted by Gasteiger charge is 2.29. The van der Waals surface area contributed by atoms with Gasteiger partial charge >= 0.3 is 0 Å². The standard InChI is InChI=1S/C21H21BrN4O/c22-16-6-7-17-18(14-16)24-9-8-19(17)25-10-12-26(13-11-25)20(21(23)27)15-4-2-1-3-5-15/h1-9,14,20H,10-13H2,(H2,23,27). The second-order valence-electron chi connectivity index (χ2n) is 6.73. The summed E-state index contributed by atoms with van der Waals surface area (Å²) in [6, 6.07) is 17.7. The molecule has 4 rings (SSSR count). The van der Waals surface area contributed by atoms with Gasteiger partial charge in [0.2, 0.25) is 5.91 Å². The van der Waals surface area contributed by atoms with Gasteiger partial charge in [0.1, 0.15) is 6.04 Å². The molecule has 0 radical (unpaired) electrons. The van der Waals surface area contributed by atoms with Crippen LogP contribution >= 0.6 is 15.9 Å². The zero-order chi connectivity index (χ0) is 18.8. The molecule has 0 aliphatic carbocycles. The van der Waals surface area contributed by atoms with Gasteiger partial charge in [-0.3, -0.25) is 14.7 Å². The fraction of sp³-hybridized carbons (Fsp3) is 0.238. The second kappa shape index (κ2) is 7.66. The summed E-state index contributed by atoms with van der Waals surface area (Å²) in [5.41, 5.74) is 8.84. The van der Waals surface area contributed by atoms with Gasteiger partial charge in [-0.05, 0) is 29.8 Å². The van der Waals surface area contributed by atoms with Crippen LogP contribution in [-0.2, 0) is 4.79 Å². The van der Waals surface area contributed by atoms with Crippen LogP contribution in [0.1, 0.15) is 11.6 Å². The van der Waals surface area contributed by atoms with Gasteiger partial charge in [-0.2, -0.15) is 0 Å². The van der Waals surface area contributed by atoms with E-state index in [9.17, 15) is 4.79 Å². The summed E-state index contributed by atoms with van der Waals surface area (Å²) in [5.74, 6) is -0.297. The third kappa shape index (κ3) is 3.68. The lowest BCUT2D eigenvalue weighted by atomic mass is 10.0. The van der Waals surface area contributed by atoms with Crippen LogP contribution in [0, 0.1) is 0 Å². The molecule has 1 aliphatic rings. The van der Waals surface area contributed by atoms with Gasteiger partial charge in [0.25, 0.3) is 0 Å². The van der Waals surface area contributed by atoms with Crippen molar-refractivity contribution in [3.8, 4) is 0 Å². The Morgan fingerprint density at radius 3 is 2.48 bits per heavy atom. The monoisotopic (exact) mass is 424 g/mol. The van der Waals surface area contributed by atoms with Crippen molar-refractivity contribution >= 4 is 38.4 Å². The number of carbonyl (C=O) groups is 1. The number of halogens is 1. The first kappa shape index (κ1) is 17.9. The molecule has 0 bridgehead atoms. The van der Waals surface area contributed by atoms with Crippen LogP contribution in [-0.4, -0.2) is 42.0 Å². The predicted molar refractivity (Wildman–Crippen MR) is 112 cm³/mol. The maximum Gasteiger partial charge on any atom is 0.239 e. The van der Waals surface area contributed by atoms with Crippen LogP contribution < -0.4 is 10.6 Å². The number of primary amides is 1. The molecular weight excluding hydrogens is 404 g/mol. The van der Waals surface area contributed by atoms with E-state index in [2.05, 4.69) is 42.8 Å². The lowest BCUT2D eigenvalue weighted by molar-refractivity contribution is -0.123. The molecule has 138 valence electrons. The van der Waals surface area contributed by atoms with Gasteiger partial charge in [0, 0.05) is 47.9 Å². The molecule has 2 aromatic carbocycles. The van der Waals surface area contributed by atoms with Crippen molar-refractivity contribution in [1.82, 2.24) is 9.88 Å². The Bertz CT molecular complexity index is 955. The summed E-state index contributed by atoms with van der Waals surface area (Å²) in [4.78, 5) is 21.1. The molecule has 2 heterocycles. The average Bonchev–Trinajstić information content (AvgIpc) is 2.68. The van der Waals surface area contributed by atoms with Crippen LogP contribution in [0.4, 0.5) is 5.69 Å². The number of piperazine rings is 1. The van der Waals surface area contributed by atoms with E-state index in [-0.39, 0.29) is 11.9 Å². The number of pyridine rings is 1. The van der Waals surface area contributed by atoms with Crippen LogP contribution in [0.5, 0.6) is 0 Å². The van der Waals surface area contributed by atoms with Gasteiger partial charge in [-0.1, -0.05) is 46.3 Å². The van der Waals surface area contributed by atoms with Crippen molar-refractivity contribution < 1.29 is 4.79 Å². The van der Waals surface area contributed by atoms with E-state index in [1.165, 1.54) is 5.69 Å². The van der Waals surface area contributed by atoms with Crippen LogP contribution in [0.2, 0.25) is 0 Å². The largest absolute Gasteiger partial charge is 0.368 e. The molecule has 0 saturated carbocycles. The number of amides is 1. The van der Waals surface area contributed by atoms with E-state index in [4.69, 9.17) is 5.73 Å². The van der Waals surface area contributed by atoms with Crippen LogP contribution in [0.25, 0.3) is 10.9 Å². The van der Waals surface area contributed by atoms with E-state index in [0.29, 0.717) is 0 Å². The van der Waals surface area contributed by atoms with Gasteiger partial charge < -0.3 is 10.6 Å². The maximum atomic E-state index is 12.1. The van der Waals surface area contributed by atoms with Crippen molar-refractivity contribution in [3.05, 3.63) is 70.8 Å². The molecule has 1 atom stereocenters. The maximum absolute atomic E-state index is 12.1. The Balaban J connectivity index is 1.55. The number of benzene rings is 2. The predicted octanol–water partition coefficient (Wildman–Crippen LogP) is 3.35. The third-order valence-electron chi connectivity index (χ3n) is 5.09. The van der Waals surface area contributed by atoms with Crippen LogP contribution in [0.3, 0.4) is 0 Å². The highest BCUT2D eigenvalue weighted by atomic mass is 79.9. The Kier molecular flexibility index (Phi) is 5.09. The molecule has 1 saturated heterocycles. The Morgan fingerprint density at radius 1 is 1.04 bits per heavy atom. The number of carbonyl (C=O) groups excluding carboxylic acids is 1. The molecule has 1 fully saturated rings. The van der Waals surface area contributed by atoms with E-state index in [1.807, 2.05) is 48.7 Å². The number of hydrogen-bond acceptors (Lipinski definition) is 4. The Morgan fingerprint density at radius 2 is 1.78 bits per heavy atom. The zero-order valence-corrected chi connectivity index (χ0v) is 16.5. The number of nitrogens with zero attached hydrogens (tertiary/aromatic N) is 3. The van der Waals surface area contributed by atoms with Gasteiger partial charge in [0.15, 0.2) is 0 Å². The second-order valence-corrected chi connectivity index (χ2v) is 7.65. The van der Waals surface area contributed by atoms with Crippen molar-refractivity contribution in [3.63, 3.8) is 0 Å². The molecule has 1 aromatic heterocycles. The first-order valence-electron chi connectivity index (χ1n) is 9.01. The van der Waals surface area contributed by atoms with Crippen molar-refractivity contribution in [2.45, 2.75) is 6.04 Å². The summed E-state index contributed by atoms with van der Waals surface area (Å²) in [6.07, 6.45) is 1.85. The summed E-state index contributed by atoms with van der Waals surface area (Å²) in [7, 11) is 0. The highest BCUT2D eigenvalue weighted by Crippen LogP contribution is 2.29. The van der Waals surface area contributed by atoms with Crippen molar-refractivity contribution in [2.24, 2.45) is 5.73 Å². The fourth-order valence-electron chi connectivity index (χ4n) is 3.79. The first-order chi connectivity index (χ1) is 13.1. The van der Waals surface area contributed by atoms with E-state index < -0.39 is 0 Å². The molecule has 3 aromatic rings. The van der Waals surface area contributed by atoms with Crippen molar-refractivity contribution in [2.75, 3.05) is 31.1 Å². The molecular formula is C21H21BrN4O. The fourth-order valence-corrected chi connectivity index (χ4v) is 4.14. The number of rotatable bonds is 4. The number of aromatic nitrogens is 1. The minimum absolute atomic E-state index is 0.297. The highest BCUT2D eigenvalue weighted by molar-refractivity contribution is 9.10. The number of anilines is 1. The summed E-state index contributed by atoms with van der Waals surface area (Å²) >= 11 is 3.51. The third-order valence-corrected chi connectivity index (χ3v) is 5.58.